The van der Waals surface area contributed by atoms with Crippen LogP contribution in [0.4, 0.5) is 5.69 Å². The molecule has 2 aromatic rings. The third kappa shape index (κ3) is 4.49. The molecule has 2 N–H and O–H groups in total. The summed E-state index contributed by atoms with van der Waals surface area (Å²) < 4.78 is 5.27. The number of hydrogen-bond acceptors (Lipinski definition) is 2. The predicted molar refractivity (Wildman–Crippen MR) is 97.9 cm³/mol. The second-order valence-electron chi connectivity index (χ2n) is 6.01. The molecule has 0 heterocycles. The Morgan fingerprint density at radius 1 is 1.29 bits per heavy atom. The molecule has 0 aliphatic carbocycles. The molecule has 0 spiro atoms. The minimum Gasteiger partial charge on any atom is -0.495 e. The third-order valence-electron chi connectivity index (χ3n) is 4.28. The van der Waals surface area contributed by atoms with Crippen molar-refractivity contribution >= 4 is 23.2 Å². The first-order valence-electron chi connectivity index (χ1n) is 7.93. The monoisotopic (exact) mass is 347 g/mol. The number of likely N-dealkylation sites (N-methyl/N-ethyl adjacent to an activating group) is 1. The van der Waals surface area contributed by atoms with Gasteiger partial charge >= 0.3 is 0 Å². The molecule has 0 bridgehead atoms. The standard InChI is InChI=1S/C19H23ClN2O2/c1-13-7-5-6-8-15(13)12-22(3)14(2)19(23)21-17-11-16(20)9-10-18(17)24-4/h5-11,14H,12H2,1-4H3,(H,21,23)/p+1/t14-/m1/s1. The quantitative estimate of drug-likeness (QED) is 0.843. The van der Waals surface area contributed by atoms with E-state index >= 15 is 0 Å². The molecule has 24 heavy (non-hydrogen) atoms. The van der Waals surface area contributed by atoms with Crippen molar-refractivity contribution in [2.24, 2.45) is 0 Å². The summed E-state index contributed by atoms with van der Waals surface area (Å²) in [7, 11) is 3.59. The number of amides is 1. The Hall–Kier alpha value is -2.04. The van der Waals surface area contributed by atoms with Crippen LogP contribution in [0.1, 0.15) is 18.1 Å². The fraction of sp³-hybridized carbons (Fsp3) is 0.316. The van der Waals surface area contributed by atoms with Crippen LogP contribution in [0.5, 0.6) is 5.75 Å². The highest BCUT2D eigenvalue weighted by Gasteiger charge is 2.23. The fourth-order valence-corrected chi connectivity index (χ4v) is 2.68. The third-order valence-corrected chi connectivity index (χ3v) is 4.52. The first-order valence-corrected chi connectivity index (χ1v) is 8.31. The van der Waals surface area contributed by atoms with Crippen LogP contribution in [0, 0.1) is 6.92 Å². The van der Waals surface area contributed by atoms with Crippen LogP contribution < -0.4 is 15.0 Å². The Kier molecular flexibility index (Phi) is 6.23. The van der Waals surface area contributed by atoms with E-state index in [4.69, 9.17) is 16.3 Å². The van der Waals surface area contributed by atoms with Crippen LogP contribution in [0.15, 0.2) is 42.5 Å². The first-order chi connectivity index (χ1) is 11.4. The molecular weight excluding hydrogens is 324 g/mol. The van der Waals surface area contributed by atoms with Gasteiger partial charge in [0, 0.05) is 10.6 Å². The van der Waals surface area contributed by atoms with E-state index in [1.807, 2.05) is 26.1 Å². The van der Waals surface area contributed by atoms with E-state index in [2.05, 4.69) is 24.4 Å². The lowest BCUT2D eigenvalue weighted by Crippen LogP contribution is -3.12. The van der Waals surface area contributed by atoms with E-state index in [0.29, 0.717) is 16.5 Å². The summed E-state index contributed by atoms with van der Waals surface area (Å²) in [4.78, 5) is 13.7. The Labute approximate surface area is 148 Å². The van der Waals surface area contributed by atoms with Gasteiger partial charge in [-0.05, 0) is 37.6 Å². The fourth-order valence-electron chi connectivity index (χ4n) is 2.50. The maximum atomic E-state index is 12.6. The topological polar surface area (TPSA) is 42.8 Å². The maximum absolute atomic E-state index is 12.6. The molecule has 5 heteroatoms. The number of carbonyl (C=O) groups is 1. The zero-order chi connectivity index (χ0) is 17.7. The molecular formula is C19H24ClN2O2+. The number of carbonyl (C=O) groups excluding carboxylic acids is 1. The second-order valence-corrected chi connectivity index (χ2v) is 6.44. The number of ether oxygens (including phenoxy) is 1. The number of benzene rings is 2. The van der Waals surface area contributed by atoms with Crippen molar-refractivity contribution < 1.29 is 14.4 Å². The molecule has 0 radical (unpaired) electrons. The number of anilines is 1. The number of nitrogens with one attached hydrogen (secondary N) is 2. The van der Waals surface area contributed by atoms with Gasteiger partial charge in [0.05, 0.1) is 19.8 Å². The van der Waals surface area contributed by atoms with Crippen LogP contribution >= 0.6 is 11.6 Å². The minimum atomic E-state index is -0.215. The zero-order valence-corrected chi connectivity index (χ0v) is 15.3. The van der Waals surface area contributed by atoms with Gasteiger partial charge in [0.1, 0.15) is 12.3 Å². The predicted octanol–water partition coefficient (Wildman–Crippen LogP) is 2.70. The summed E-state index contributed by atoms with van der Waals surface area (Å²) in [6, 6.07) is 13.2. The SMILES string of the molecule is COc1ccc(Cl)cc1NC(=O)[C@@H](C)[NH+](C)Cc1ccccc1C. The highest BCUT2D eigenvalue weighted by molar-refractivity contribution is 6.31. The van der Waals surface area contributed by atoms with Crippen molar-refractivity contribution in [2.75, 3.05) is 19.5 Å². The molecule has 0 saturated carbocycles. The summed E-state index contributed by atoms with van der Waals surface area (Å²) >= 11 is 6.01. The van der Waals surface area contributed by atoms with E-state index in [9.17, 15) is 4.79 Å². The molecule has 0 fully saturated rings. The van der Waals surface area contributed by atoms with Crippen molar-refractivity contribution in [2.45, 2.75) is 26.4 Å². The van der Waals surface area contributed by atoms with Crippen molar-refractivity contribution in [1.29, 1.82) is 0 Å². The molecule has 1 unspecified atom stereocenters. The van der Waals surface area contributed by atoms with Crippen LogP contribution in [-0.4, -0.2) is 26.1 Å². The summed E-state index contributed by atoms with van der Waals surface area (Å²) in [5.41, 5.74) is 3.07. The van der Waals surface area contributed by atoms with Gasteiger partial charge in [-0.3, -0.25) is 4.79 Å². The Bertz CT molecular complexity index is 718. The highest BCUT2D eigenvalue weighted by atomic mass is 35.5. The number of hydrogen-bond donors (Lipinski definition) is 2. The van der Waals surface area contributed by atoms with Gasteiger partial charge in [0.25, 0.3) is 5.91 Å². The highest BCUT2D eigenvalue weighted by Crippen LogP contribution is 2.27. The molecule has 128 valence electrons. The summed E-state index contributed by atoms with van der Waals surface area (Å²) in [5, 5.41) is 3.47. The van der Waals surface area contributed by atoms with Crippen molar-refractivity contribution in [1.82, 2.24) is 0 Å². The lowest BCUT2D eigenvalue weighted by atomic mass is 10.1. The molecule has 0 aliphatic rings. The molecule has 0 aliphatic heterocycles. The average molecular weight is 348 g/mol. The lowest BCUT2D eigenvalue weighted by molar-refractivity contribution is -0.907. The largest absolute Gasteiger partial charge is 0.495 e. The normalized spacial score (nSPS) is 13.2. The van der Waals surface area contributed by atoms with Crippen molar-refractivity contribution in [3.05, 3.63) is 58.6 Å². The van der Waals surface area contributed by atoms with Gasteiger partial charge in [-0.2, -0.15) is 0 Å². The van der Waals surface area contributed by atoms with Gasteiger partial charge in [0.2, 0.25) is 0 Å². The van der Waals surface area contributed by atoms with Gasteiger partial charge in [-0.25, -0.2) is 0 Å². The van der Waals surface area contributed by atoms with E-state index in [0.717, 1.165) is 11.4 Å². The number of aryl methyl sites for hydroxylation is 1. The number of quaternary nitrogens is 1. The van der Waals surface area contributed by atoms with E-state index in [1.54, 1.807) is 25.3 Å². The van der Waals surface area contributed by atoms with Crippen LogP contribution in [-0.2, 0) is 11.3 Å². The maximum Gasteiger partial charge on any atom is 0.282 e. The summed E-state index contributed by atoms with van der Waals surface area (Å²) in [5.74, 6) is 0.526. The van der Waals surface area contributed by atoms with Gasteiger partial charge < -0.3 is 15.0 Å². The zero-order valence-electron chi connectivity index (χ0n) is 14.5. The number of halogens is 1. The van der Waals surface area contributed by atoms with Gasteiger partial charge in [-0.15, -0.1) is 0 Å². The number of methoxy groups -OCH3 is 1. The second kappa shape index (κ2) is 8.18. The van der Waals surface area contributed by atoms with Crippen LogP contribution in [0.25, 0.3) is 0 Å². The first kappa shape index (κ1) is 18.3. The lowest BCUT2D eigenvalue weighted by Gasteiger charge is -2.22. The Balaban J connectivity index is 2.06. The molecule has 2 atom stereocenters. The smallest absolute Gasteiger partial charge is 0.282 e. The van der Waals surface area contributed by atoms with Crippen LogP contribution in [0.2, 0.25) is 5.02 Å². The summed E-state index contributed by atoms with van der Waals surface area (Å²) in [6.07, 6.45) is 0. The molecule has 2 rings (SSSR count). The van der Waals surface area contributed by atoms with Crippen molar-refractivity contribution in [3.63, 3.8) is 0 Å². The van der Waals surface area contributed by atoms with Gasteiger partial charge in [-0.1, -0.05) is 35.9 Å². The Morgan fingerprint density at radius 3 is 2.67 bits per heavy atom. The number of rotatable bonds is 6. The Morgan fingerprint density at radius 2 is 2.00 bits per heavy atom. The summed E-state index contributed by atoms with van der Waals surface area (Å²) in [6.45, 7) is 4.79. The van der Waals surface area contributed by atoms with Crippen molar-refractivity contribution in [3.8, 4) is 5.75 Å². The molecule has 0 saturated heterocycles. The molecule has 0 aromatic heterocycles. The minimum absolute atomic E-state index is 0.0679. The van der Waals surface area contributed by atoms with Gasteiger partial charge in [0.15, 0.2) is 6.04 Å². The van der Waals surface area contributed by atoms with E-state index < -0.39 is 0 Å². The van der Waals surface area contributed by atoms with E-state index in [-0.39, 0.29) is 11.9 Å². The molecule has 2 aromatic carbocycles. The van der Waals surface area contributed by atoms with E-state index in [1.165, 1.54) is 11.1 Å². The molecule has 1 amide bonds. The van der Waals surface area contributed by atoms with Crippen LogP contribution in [0.3, 0.4) is 0 Å². The average Bonchev–Trinajstić information content (AvgIpc) is 2.56. The molecule has 4 nitrogen and oxygen atoms in total.